The molecule has 0 atom stereocenters. The van der Waals surface area contributed by atoms with E-state index in [-0.39, 0.29) is 12.5 Å². The predicted molar refractivity (Wildman–Crippen MR) is 106 cm³/mol. The van der Waals surface area contributed by atoms with Crippen LogP contribution in [0.5, 0.6) is 17.2 Å². The van der Waals surface area contributed by atoms with Gasteiger partial charge in [0.2, 0.25) is 0 Å². The molecule has 2 rings (SSSR count). The molecule has 0 aliphatic rings. The Morgan fingerprint density at radius 1 is 1.07 bits per heavy atom. The molecule has 0 spiro atoms. The van der Waals surface area contributed by atoms with E-state index >= 15 is 0 Å². The number of rotatable bonds is 10. The summed E-state index contributed by atoms with van der Waals surface area (Å²) in [5.41, 5.74) is 3.20. The number of hydrazone groups is 1. The van der Waals surface area contributed by atoms with Crippen molar-refractivity contribution in [2.75, 3.05) is 19.8 Å². The summed E-state index contributed by atoms with van der Waals surface area (Å²) >= 11 is 5.80. The Balaban J connectivity index is 1.87. The van der Waals surface area contributed by atoms with Crippen LogP contribution in [0.15, 0.2) is 47.6 Å². The van der Waals surface area contributed by atoms with Crippen LogP contribution in [0.1, 0.15) is 25.8 Å². The molecule has 0 saturated carbocycles. The molecule has 0 aromatic heterocycles. The fraction of sp³-hybridized carbons (Fsp3) is 0.300. The van der Waals surface area contributed by atoms with Gasteiger partial charge >= 0.3 is 0 Å². The molecule has 0 aliphatic carbocycles. The van der Waals surface area contributed by atoms with E-state index in [9.17, 15) is 4.79 Å². The molecule has 1 amide bonds. The standard InChI is InChI=1S/C20H23ClN2O4/c1-3-11-26-18-10-5-15(12-19(18)25-4-2)13-22-23-20(24)14-27-17-8-6-16(21)7-9-17/h5-10,12-13H,3-4,11,14H2,1-2H3,(H,23,24)/b22-13-. The van der Waals surface area contributed by atoms with Crippen molar-refractivity contribution in [3.8, 4) is 17.2 Å². The summed E-state index contributed by atoms with van der Waals surface area (Å²) in [6.45, 7) is 4.96. The Bertz CT molecular complexity index is 763. The van der Waals surface area contributed by atoms with E-state index in [2.05, 4.69) is 10.5 Å². The van der Waals surface area contributed by atoms with Gasteiger partial charge in [0.25, 0.3) is 5.91 Å². The van der Waals surface area contributed by atoms with Crippen LogP contribution in [0.3, 0.4) is 0 Å². The Kier molecular flexibility index (Phi) is 8.45. The predicted octanol–water partition coefficient (Wildman–Crippen LogP) is 4.06. The molecule has 0 bridgehead atoms. The van der Waals surface area contributed by atoms with E-state index in [0.717, 1.165) is 12.0 Å². The number of benzene rings is 2. The number of nitrogens with one attached hydrogen (secondary N) is 1. The van der Waals surface area contributed by atoms with Crippen LogP contribution in [0.25, 0.3) is 0 Å². The van der Waals surface area contributed by atoms with Gasteiger partial charge in [0.1, 0.15) is 5.75 Å². The lowest BCUT2D eigenvalue weighted by molar-refractivity contribution is -0.123. The second-order valence-electron chi connectivity index (χ2n) is 5.52. The van der Waals surface area contributed by atoms with Crippen LogP contribution < -0.4 is 19.6 Å². The summed E-state index contributed by atoms with van der Waals surface area (Å²) in [5.74, 6) is 1.53. The van der Waals surface area contributed by atoms with E-state index < -0.39 is 0 Å². The molecular weight excluding hydrogens is 368 g/mol. The Morgan fingerprint density at radius 3 is 2.56 bits per heavy atom. The van der Waals surface area contributed by atoms with E-state index in [1.54, 1.807) is 24.3 Å². The van der Waals surface area contributed by atoms with Crippen LogP contribution in [0.2, 0.25) is 5.02 Å². The monoisotopic (exact) mass is 390 g/mol. The smallest absolute Gasteiger partial charge is 0.277 e. The number of nitrogens with zero attached hydrogens (tertiary/aromatic N) is 1. The average Bonchev–Trinajstić information content (AvgIpc) is 2.67. The fourth-order valence-electron chi connectivity index (χ4n) is 2.10. The minimum atomic E-state index is -0.367. The van der Waals surface area contributed by atoms with Crippen LogP contribution in [-0.4, -0.2) is 31.9 Å². The number of carbonyl (C=O) groups excluding carboxylic acids is 1. The molecule has 0 radical (unpaired) electrons. The molecule has 0 aliphatic heterocycles. The molecule has 0 heterocycles. The SMILES string of the molecule is CCCOc1ccc(/C=N\NC(=O)COc2ccc(Cl)cc2)cc1OCC. The summed E-state index contributed by atoms with van der Waals surface area (Å²) in [5, 5.41) is 4.54. The number of hydrogen-bond donors (Lipinski definition) is 1. The van der Waals surface area contributed by atoms with Crippen LogP contribution in [0.4, 0.5) is 0 Å². The van der Waals surface area contributed by atoms with Crippen LogP contribution >= 0.6 is 11.6 Å². The van der Waals surface area contributed by atoms with Crippen LogP contribution in [-0.2, 0) is 4.79 Å². The first-order chi connectivity index (χ1) is 13.1. The normalized spacial score (nSPS) is 10.6. The van der Waals surface area contributed by atoms with E-state index in [0.29, 0.717) is 35.5 Å². The molecule has 2 aromatic carbocycles. The van der Waals surface area contributed by atoms with Gasteiger partial charge < -0.3 is 14.2 Å². The van der Waals surface area contributed by atoms with Gasteiger partial charge in [-0.25, -0.2) is 5.43 Å². The van der Waals surface area contributed by atoms with Gasteiger partial charge in [-0.05, 0) is 61.4 Å². The molecule has 0 saturated heterocycles. The molecule has 0 unspecified atom stereocenters. The quantitative estimate of drug-likeness (QED) is 0.490. The minimum Gasteiger partial charge on any atom is -0.490 e. The molecule has 6 nitrogen and oxygen atoms in total. The van der Waals surface area contributed by atoms with Crippen molar-refractivity contribution in [1.29, 1.82) is 0 Å². The zero-order valence-electron chi connectivity index (χ0n) is 15.4. The number of halogens is 1. The molecule has 1 N–H and O–H groups in total. The third-order valence-electron chi connectivity index (χ3n) is 3.32. The van der Waals surface area contributed by atoms with Crippen molar-refractivity contribution in [3.63, 3.8) is 0 Å². The highest BCUT2D eigenvalue weighted by Gasteiger charge is 2.06. The van der Waals surface area contributed by atoms with Gasteiger partial charge in [-0.2, -0.15) is 5.10 Å². The summed E-state index contributed by atoms with van der Waals surface area (Å²) in [6.07, 6.45) is 2.45. The maximum Gasteiger partial charge on any atom is 0.277 e. The molecular formula is C20H23ClN2O4. The first kappa shape index (κ1) is 20.6. The maximum atomic E-state index is 11.8. The molecule has 0 fully saturated rings. The van der Waals surface area contributed by atoms with Gasteiger partial charge in [0.15, 0.2) is 18.1 Å². The van der Waals surface area contributed by atoms with E-state index in [4.69, 9.17) is 25.8 Å². The molecule has 144 valence electrons. The van der Waals surface area contributed by atoms with Gasteiger partial charge in [-0.15, -0.1) is 0 Å². The highest BCUT2D eigenvalue weighted by molar-refractivity contribution is 6.30. The topological polar surface area (TPSA) is 69.2 Å². The second-order valence-corrected chi connectivity index (χ2v) is 5.96. The number of amides is 1. The van der Waals surface area contributed by atoms with Gasteiger partial charge in [-0.1, -0.05) is 18.5 Å². The van der Waals surface area contributed by atoms with E-state index in [1.807, 2.05) is 32.0 Å². The Hall–Kier alpha value is -2.73. The van der Waals surface area contributed by atoms with Crippen molar-refractivity contribution in [2.45, 2.75) is 20.3 Å². The Labute approximate surface area is 164 Å². The largest absolute Gasteiger partial charge is 0.490 e. The first-order valence-corrected chi connectivity index (χ1v) is 9.10. The third-order valence-corrected chi connectivity index (χ3v) is 3.57. The molecule has 2 aromatic rings. The van der Waals surface area contributed by atoms with Gasteiger partial charge in [0, 0.05) is 5.02 Å². The van der Waals surface area contributed by atoms with E-state index in [1.165, 1.54) is 6.21 Å². The number of hydrogen-bond acceptors (Lipinski definition) is 5. The first-order valence-electron chi connectivity index (χ1n) is 8.72. The third kappa shape index (κ3) is 7.19. The molecule has 7 heteroatoms. The van der Waals surface area contributed by atoms with Crippen LogP contribution in [0, 0.1) is 0 Å². The zero-order valence-corrected chi connectivity index (χ0v) is 16.2. The number of ether oxygens (including phenoxy) is 3. The lowest BCUT2D eigenvalue weighted by Crippen LogP contribution is -2.24. The Morgan fingerprint density at radius 2 is 1.85 bits per heavy atom. The maximum absolute atomic E-state index is 11.8. The lowest BCUT2D eigenvalue weighted by Gasteiger charge is -2.11. The highest BCUT2D eigenvalue weighted by atomic mass is 35.5. The van der Waals surface area contributed by atoms with Crippen molar-refractivity contribution < 1.29 is 19.0 Å². The lowest BCUT2D eigenvalue weighted by atomic mass is 10.2. The van der Waals surface area contributed by atoms with Crippen molar-refractivity contribution in [2.24, 2.45) is 5.10 Å². The van der Waals surface area contributed by atoms with Crippen molar-refractivity contribution in [1.82, 2.24) is 5.43 Å². The summed E-state index contributed by atoms with van der Waals surface area (Å²) < 4.78 is 16.6. The zero-order chi connectivity index (χ0) is 19.5. The summed E-state index contributed by atoms with van der Waals surface area (Å²) in [4.78, 5) is 11.8. The van der Waals surface area contributed by atoms with Gasteiger partial charge in [0.05, 0.1) is 19.4 Å². The highest BCUT2D eigenvalue weighted by Crippen LogP contribution is 2.28. The fourth-order valence-corrected chi connectivity index (χ4v) is 2.22. The summed E-state index contributed by atoms with van der Waals surface area (Å²) in [6, 6.07) is 12.2. The number of carbonyl (C=O) groups is 1. The van der Waals surface area contributed by atoms with Gasteiger partial charge in [-0.3, -0.25) is 4.79 Å². The van der Waals surface area contributed by atoms with Crippen molar-refractivity contribution in [3.05, 3.63) is 53.1 Å². The average molecular weight is 391 g/mol. The minimum absolute atomic E-state index is 0.146. The second kappa shape index (κ2) is 11.1. The summed E-state index contributed by atoms with van der Waals surface area (Å²) in [7, 11) is 0. The molecule has 27 heavy (non-hydrogen) atoms. The van der Waals surface area contributed by atoms with Crippen molar-refractivity contribution >= 4 is 23.7 Å².